The van der Waals surface area contributed by atoms with Crippen molar-refractivity contribution in [3.05, 3.63) is 47.5 Å². The number of anilines is 2. The average Bonchev–Trinajstić information content (AvgIpc) is 2.64. The van der Waals surface area contributed by atoms with Gasteiger partial charge in [-0.15, -0.1) is 11.8 Å². The van der Waals surface area contributed by atoms with E-state index in [9.17, 15) is 18.0 Å². The highest BCUT2D eigenvalue weighted by atomic mass is 32.2. The molecule has 0 fully saturated rings. The molecule has 1 atom stereocenters. The van der Waals surface area contributed by atoms with Crippen molar-refractivity contribution >= 4 is 44.8 Å². The monoisotopic (exact) mass is 432 g/mol. The van der Waals surface area contributed by atoms with Gasteiger partial charge in [-0.05, 0) is 61.7 Å². The maximum Gasteiger partial charge on any atom is 0.237 e. The Morgan fingerprint density at radius 3 is 2.48 bits per heavy atom. The van der Waals surface area contributed by atoms with E-state index < -0.39 is 9.84 Å². The van der Waals surface area contributed by atoms with Gasteiger partial charge in [-0.2, -0.15) is 0 Å². The number of hydrogen-bond donors (Lipinski definition) is 2. The summed E-state index contributed by atoms with van der Waals surface area (Å²) in [6.07, 6.45) is 0.553. The summed E-state index contributed by atoms with van der Waals surface area (Å²) >= 11 is 1.44. The van der Waals surface area contributed by atoms with Gasteiger partial charge in [0.1, 0.15) is 0 Å². The molecule has 0 aromatic heterocycles. The molecule has 2 aromatic carbocycles. The molecule has 1 aliphatic heterocycles. The summed E-state index contributed by atoms with van der Waals surface area (Å²) in [4.78, 5) is 25.2. The number of carbonyl (C=O) groups is 2. The number of hydrogen-bond acceptors (Lipinski definition) is 5. The van der Waals surface area contributed by atoms with E-state index in [1.165, 1.54) is 23.9 Å². The van der Waals surface area contributed by atoms with Crippen molar-refractivity contribution in [3.63, 3.8) is 0 Å². The zero-order chi connectivity index (χ0) is 21.2. The van der Waals surface area contributed by atoms with Gasteiger partial charge < -0.3 is 10.6 Å². The second kappa shape index (κ2) is 8.59. The van der Waals surface area contributed by atoms with Gasteiger partial charge in [-0.25, -0.2) is 8.42 Å². The van der Waals surface area contributed by atoms with E-state index >= 15 is 0 Å². The van der Waals surface area contributed by atoms with Crippen LogP contribution in [0, 0.1) is 13.8 Å². The fourth-order valence-electron chi connectivity index (χ4n) is 3.21. The first-order valence-corrected chi connectivity index (χ1v) is 11.9. The van der Waals surface area contributed by atoms with Crippen LogP contribution in [0.4, 0.5) is 11.4 Å². The van der Waals surface area contributed by atoms with E-state index in [0.717, 1.165) is 16.0 Å². The Balaban J connectivity index is 1.67. The maximum atomic E-state index is 12.7. The van der Waals surface area contributed by atoms with Crippen LogP contribution in [0.2, 0.25) is 0 Å². The molecule has 2 N–H and O–H groups in total. The highest BCUT2D eigenvalue weighted by Crippen LogP contribution is 2.38. The fourth-order valence-corrected chi connectivity index (χ4v) is 5.49. The van der Waals surface area contributed by atoms with Crippen molar-refractivity contribution in [2.45, 2.75) is 48.7 Å². The highest BCUT2D eigenvalue weighted by molar-refractivity contribution is 8.01. The Kier molecular flexibility index (Phi) is 6.33. The number of aryl methyl sites for hydroxylation is 2. The molecule has 1 aliphatic rings. The van der Waals surface area contributed by atoms with Gasteiger partial charge in [-0.1, -0.05) is 13.0 Å². The van der Waals surface area contributed by atoms with Crippen LogP contribution in [0.5, 0.6) is 0 Å². The highest BCUT2D eigenvalue weighted by Gasteiger charge is 2.27. The van der Waals surface area contributed by atoms with E-state index in [4.69, 9.17) is 0 Å². The molecule has 1 heterocycles. The minimum atomic E-state index is -3.66. The second-order valence-electron chi connectivity index (χ2n) is 7.16. The summed E-state index contributed by atoms with van der Waals surface area (Å²) in [7, 11) is -3.66. The lowest BCUT2D eigenvalue weighted by Crippen LogP contribution is -2.28. The summed E-state index contributed by atoms with van der Waals surface area (Å²) in [6.45, 7) is 5.80. The normalized spacial score (nSPS) is 16.1. The Morgan fingerprint density at radius 1 is 1.14 bits per heavy atom. The minimum absolute atomic E-state index is 0.103. The SMILES string of the molecule is CCC1Sc2ccc(S(=O)(=O)CCC(=O)Nc3cc(C)cc(C)c3)cc2NC1=O. The fraction of sp³-hybridized carbons (Fsp3) is 0.333. The Labute approximate surface area is 175 Å². The van der Waals surface area contributed by atoms with Crippen LogP contribution < -0.4 is 10.6 Å². The lowest BCUT2D eigenvalue weighted by molar-refractivity contribution is -0.116. The van der Waals surface area contributed by atoms with Crippen LogP contribution in [0.3, 0.4) is 0 Å². The molecule has 0 saturated carbocycles. The maximum absolute atomic E-state index is 12.7. The Morgan fingerprint density at radius 2 is 1.83 bits per heavy atom. The number of carbonyl (C=O) groups excluding carboxylic acids is 2. The molecule has 6 nitrogen and oxygen atoms in total. The summed E-state index contributed by atoms with van der Waals surface area (Å²) in [5, 5.41) is 5.36. The van der Waals surface area contributed by atoms with Crippen molar-refractivity contribution in [2.75, 3.05) is 16.4 Å². The van der Waals surface area contributed by atoms with E-state index in [1.54, 1.807) is 6.07 Å². The van der Waals surface area contributed by atoms with E-state index in [0.29, 0.717) is 17.8 Å². The van der Waals surface area contributed by atoms with Crippen molar-refractivity contribution in [1.29, 1.82) is 0 Å². The topological polar surface area (TPSA) is 92.3 Å². The lowest BCUT2D eigenvalue weighted by Gasteiger charge is -2.23. The first-order valence-electron chi connectivity index (χ1n) is 9.40. The third-order valence-electron chi connectivity index (χ3n) is 4.60. The number of nitrogens with one attached hydrogen (secondary N) is 2. The zero-order valence-corrected chi connectivity index (χ0v) is 18.2. The molecule has 2 amide bonds. The quantitative estimate of drug-likeness (QED) is 0.722. The Bertz CT molecular complexity index is 1040. The summed E-state index contributed by atoms with van der Waals surface area (Å²) in [5.74, 6) is -0.778. The molecule has 0 saturated heterocycles. The smallest absolute Gasteiger partial charge is 0.237 e. The van der Waals surface area contributed by atoms with Gasteiger partial charge in [0.15, 0.2) is 9.84 Å². The number of rotatable bonds is 6. The standard InChI is InChI=1S/C21H24N2O4S2/c1-4-18-21(25)23-17-12-16(5-6-19(17)28-18)29(26,27)8-7-20(24)22-15-10-13(2)9-14(3)11-15/h5-6,9-12,18H,4,7-8H2,1-3H3,(H,22,24)(H,23,25). The molecule has 0 bridgehead atoms. The van der Waals surface area contributed by atoms with Gasteiger partial charge >= 0.3 is 0 Å². The van der Waals surface area contributed by atoms with Crippen LogP contribution in [-0.4, -0.2) is 31.2 Å². The summed E-state index contributed by atoms with van der Waals surface area (Å²) < 4.78 is 25.4. The van der Waals surface area contributed by atoms with Crippen LogP contribution in [0.25, 0.3) is 0 Å². The van der Waals surface area contributed by atoms with Crippen molar-refractivity contribution < 1.29 is 18.0 Å². The molecule has 0 spiro atoms. The van der Waals surface area contributed by atoms with Gasteiger partial charge in [0.2, 0.25) is 11.8 Å². The summed E-state index contributed by atoms with van der Waals surface area (Å²) in [5.41, 5.74) is 3.20. The van der Waals surface area contributed by atoms with Crippen LogP contribution in [0.1, 0.15) is 30.9 Å². The number of thioether (sulfide) groups is 1. The van der Waals surface area contributed by atoms with E-state index in [-0.39, 0.29) is 34.1 Å². The number of benzene rings is 2. The number of fused-ring (bicyclic) bond motifs is 1. The Hall–Kier alpha value is -2.32. The molecule has 3 rings (SSSR count). The van der Waals surface area contributed by atoms with Crippen molar-refractivity contribution in [2.24, 2.45) is 0 Å². The third-order valence-corrected chi connectivity index (χ3v) is 7.76. The van der Waals surface area contributed by atoms with Crippen LogP contribution in [0.15, 0.2) is 46.2 Å². The molecule has 154 valence electrons. The van der Waals surface area contributed by atoms with Gasteiger partial charge in [0, 0.05) is 17.0 Å². The van der Waals surface area contributed by atoms with Gasteiger partial charge in [0.25, 0.3) is 0 Å². The third kappa shape index (κ3) is 5.19. The molecule has 0 radical (unpaired) electrons. The molecular weight excluding hydrogens is 408 g/mol. The first-order chi connectivity index (χ1) is 13.7. The molecule has 8 heteroatoms. The minimum Gasteiger partial charge on any atom is -0.326 e. The summed E-state index contributed by atoms with van der Waals surface area (Å²) in [6, 6.07) is 10.4. The second-order valence-corrected chi connectivity index (χ2v) is 10.5. The molecule has 0 aliphatic carbocycles. The predicted molar refractivity (Wildman–Crippen MR) is 116 cm³/mol. The average molecular weight is 433 g/mol. The van der Waals surface area contributed by atoms with Gasteiger partial charge in [-0.3, -0.25) is 9.59 Å². The van der Waals surface area contributed by atoms with E-state index in [1.807, 2.05) is 39.0 Å². The van der Waals surface area contributed by atoms with Crippen molar-refractivity contribution in [1.82, 2.24) is 0 Å². The zero-order valence-electron chi connectivity index (χ0n) is 16.6. The largest absolute Gasteiger partial charge is 0.326 e. The van der Waals surface area contributed by atoms with Gasteiger partial charge in [0.05, 0.1) is 21.6 Å². The van der Waals surface area contributed by atoms with Crippen LogP contribution in [-0.2, 0) is 19.4 Å². The number of amides is 2. The molecule has 1 unspecified atom stereocenters. The predicted octanol–water partition coefficient (Wildman–Crippen LogP) is 3.93. The van der Waals surface area contributed by atoms with E-state index in [2.05, 4.69) is 10.6 Å². The first kappa shape index (κ1) is 21.4. The molecule has 2 aromatic rings. The van der Waals surface area contributed by atoms with Crippen molar-refractivity contribution in [3.8, 4) is 0 Å². The lowest BCUT2D eigenvalue weighted by atomic mass is 10.1. The molecule has 29 heavy (non-hydrogen) atoms. The number of sulfone groups is 1. The molecular formula is C21H24N2O4S2. The van der Waals surface area contributed by atoms with Crippen LogP contribution >= 0.6 is 11.8 Å².